The Hall–Kier alpha value is -4.62. The molecule has 0 saturated carbocycles. The lowest BCUT2D eigenvalue weighted by Gasteiger charge is -2.37. The summed E-state index contributed by atoms with van der Waals surface area (Å²) in [7, 11) is 1.77. The number of anilines is 5. The van der Waals surface area contributed by atoms with E-state index in [9.17, 15) is 18.7 Å². The lowest BCUT2D eigenvalue weighted by atomic mass is 10.0. The number of nitrogens with one attached hydrogen (secondary N) is 3. The summed E-state index contributed by atoms with van der Waals surface area (Å²) in [5, 5.41) is 23.6. The SMILES string of the molecule is CNc1cc(-n2nc(C)cc2Nc2cc(NC(=O)c3cc(N4CCN(CC(C)O)CC4)cc(C(C)(F)F)c3)ccc2C)ncn1. The first-order valence-electron chi connectivity index (χ1n) is 14.8. The maximum Gasteiger partial charge on any atom is 0.270 e. The number of amides is 1. The van der Waals surface area contributed by atoms with E-state index >= 15 is 0 Å². The van der Waals surface area contributed by atoms with Crippen LogP contribution < -0.4 is 20.9 Å². The number of alkyl halides is 2. The van der Waals surface area contributed by atoms with E-state index in [0.29, 0.717) is 61.6 Å². The third kappa shape index (κ3) is 7.73. The minimum atomic E-state index is -3.13. The van der Waals surface area contributed by atoms with E-state index in [1.54, 1.807) is 42.9 Å². The van der Waals surface area contributed by atoms with Gasteiger partial charge in [0.1, 0.15) is 18.0 Å². The second-order valence-corrected chi connectivity index (χ2v) is 11.5. The van der Waals surface area contributed by atoms with Crippen molar-refractivity contribution in [3.05, 3.63) is 77.2 Å². The van der Waals surface area contributed by atoms with E-state index < -0.39 is 17.9 Å². The summed E-state index contributed by atoms with van der Waals surface area (Å²) in [6.07, 6.45) is 1.01. The van der Waals surface area contributed by atoms with Crippen molar-refractivity contribution in [3.8, 4) is 5.82 Å². The molecule has 238 valence electrons. The predicted molar refractivity (Wildman–Crippen MR) is 172 cm³/mol. The summed E-state index contributed by atoms with van der Waals surface area (Å²) in [6, 6.07) is 13.4. The summed E-state index contributed by atoms with van der Waals surface area (Å²) < 4.78 is 30.8. The Bertz CT molecular complexity index is 1660. The van der Waals surface area contributed by atoms with Gasteiger partial charge in [0.15, 0.2) is 5.82 Å². The van der Waals surface area contributed by atoms with Gasteiger partial charge in [0, 0.05) is 87.0 Å². The summed E-state index contributed by atoms with van der Waals surface area (Å²) in [5.74, 6) is -1.74. The highest BCUT2D eigenvalue weighted by Crippen LogP contribution is 2.33. The number of rotatable bonds is 10. The Morgan fingerprint density at radius 1 is 1.04 bits per heavy atom. The Morgan fingerprint density at radius 3 is 2.49 bits per heavy atom. The van der Waals surface area contributed by atoms with Crippen LogP contribution in [-0.2, 0) is 5.92 Å². The number of aryl methyl sites for hydroxylation is 2. The first-order valence-corrected chi connectivity index (χ1v) is 14.8. The summed E-state index contributed by atoms with van der Waals surface area (Å²) in [5.41, 5.74) is 3.40. The van der Waals surface area contributed by atoms with Crippen LogP contribution >= 0.6 is 0 Å². The van der Waals surface area contributed by atoms with Crippen molar-refractivity contribution >= 4 is 34.6 Å². The molecule has 0 bridgehead atoms. The van der Waals surface area contributed by atoms with Gasteiger partial charge < -0.3 is 26.0 Å². The number of aromatic nitrogens is 4. The largest absolute Gasteiger partial charge is 0.392 e. The summed E-state index contributed by atoms with van der Waals surface area (Å²) >= 11 is 0. The molecule has 1 saturated heterocycles. The molecule has 0 radical (unpaired) electrons. The number of aliphatic hydroxyl groups is 1. The maximum atomic E-state index is 14.6. The zero-order valence-corrected chi connectivity index (χ0v) is 26.1. The molecule has 2 aromatic heterocycles. The van der Waals surface area contributed by atoms with Crippen molar-refractivity contribution in [3.63, 3.8) is 0 Å². The van der Waals surface area contributed by atoms with Gasteiger partial charge in [-0.3, -0.25) is 9.69 Å². The Balaban J connectivity index is 1.37. The first kappa shape index (κ1) is 31.8. The van der Waals surface area contributed by atoms with Gasteiger partial charge in [-0.1, -0.05) is 6.07 Å². The molecule has 1 amide bonds. The van der Waals surface area contributed by atoms with Gasteiger partial charge in [-0.2, -0.15) is 9.78 Å². The number of aliphatic hydroxyl groups excluding tert-OH is 1. The number of carbonyl (C=O) groups is 1. The number of hydrogen-bond acceptors (Lipinski definition) is 9. The standard InChI is InChI=1S/C32H39F2N9O2/c1-20-6-7-25(16-27(20)39-30-12-21(2)40-43(30)29-17-28(35-5)36-19-37-29)38-31(45)23-13-24(32(4,33)34)15-26(14-23)42-10-8-41(9-11-42)18-22(3)44/h6-7,12-17,19,22,39,44H,8-11,18H2,1-5H3,(H,38,45)(H,35,36,37). The van der Waals surface area contributed by atoms with Crippen LogP contribution in [0.3, 0.4) is 0 Å². The molecule has 4 aromatic rings. The topological polar surface area (TPSA) is 123 Å². The molecule has 0 aliphatic carbocycles. The van der Waals surface area contributed by atoms with Gasteiger partial charge in [-0.25, -0.2) is 18.7 Å². The lowest BCUT2D eigenvalue weighted by molar-refractivity contribution is 0.0174. The molecule has 1 fully saturated rings. The van der Waals surface area contributed by atoms with Crippen LogP contribution in [0.25, 0.3) is 5.82 Å². The fourth-order valence-corrected chi connectivity index (χ4v) is 5.28. The second-order valence-electron chi connectivity index (χ2n) is 11.5. The van der Waals surface area contributed by atoms with Crippen LogP contribution in [0.1, 0.15) is 41.0 Å². The van der Waals surface area contributed by atoms with Crippen molar-refractivity contribution in [1.29, 1.82) is 0 Å². The molecule has 1 aliphatic heterocycles. The van der Waals surface area contributed by atoms with E-state index in [1.165, 1.54) is 18.5 Å². The average molecular weight is 620 g/mol. The highest BCUT2D eigenvalue weighted by Gasteiger charge is 2.28. The lowest BCUT2D eigenvalue weighted by Crippen LogP contribution is -2.48. The number of nitrogens with zero attached hydrogens (tertiary/aromatic N) is 6. The third-order valence-corrected chi connectivity index (χ3v) is 7.66. The number of benzene rings is 2. The molecule has 11 nitrogen and oxygen atoms in total. The Labute approximate surface area is 261 Å². The predicted octanol–water partition coefficient (Wildman–Crippen LogP) is 4.93. The van der Waals surface area contributed by atoms with E-state index in [-0.39, 0.29) is 11.1 Å². The van der Waals surface area contributed by atoms with Crippen molar-refractivity contribution in [1.82, 2.24) is 24.6 Å². The highest BCUT2D eigenvalue weighted by molar-refractivity contribution is 6.05. The van der Waals surface area contributed by atoms with Crippen LogP contribution in [0.5, 0.6) is 0 Å². The van der Waals surface area contributed by atoms with Crippen molar-refractivity contribution in [2.45, 2.75) is 39.7 Å². The number of carbonyl (C=O) groups excluding carboxylic acids is 1. The molecule has 45 heavy (non-hydrogen) atoms. The van der Waals surface area contributed by atoms with Gasteiger partial charge in [0.05, 0.1) is 11.8 Å². The van der Waals surface area contributed by atoms with Crippen LogP contribution in [0.15, 0.2) is 54.9 Å². The summed E-state index contributed by atoms with van der Waals surface area (Å²) in [4.78, 5) is 26.1. The van der Waals surface area contributed by atoms with Crippen LogP contribution in [0.4, 0.5) is 37.5 Å². The first-order chi connectivity index (χ1) is 21.4. The molecule has 13 heteroatoms. The molecule has 1 atom stereocenters. The molecule has 3 heterocycles. The Kier molecular flexibility index (Phi) is 9.30. The number of β-amino-alcohol motifs (C(OH)–C–C–N with tert-alkyl or cyclic N) is 1. The monoisotopic (exact) mass is 619 g/mol. The molecule has 1 unspecified atom stereocenters. The smallest absolute Gasteiger partial charge is 0.270 e. The van der Waals surface area contributed by atoms with Crippen molar-refractivity contribution < 1.29 is 18.7 Å². The van der Waals surface area contributed by atoms with Gasteiger partial charge in [0.2, 0.25) is 0 Å². The third-order valence-electron chi connectivity index (χ3n) is 7.66. The molecular weight excluding hydrogens is 580 g/mol. The number of piperazine rings is 1. The second kappa shape index (κ2) is 13.2. The zero-order chi connectivity index (χ0) is 32.3. The minimum Gasteiger partial charge on any atom is -0.392 e. The maximum absolute atomic E-state index is 14.6. The van der Waals surface area contributed by atoms with Crippen LogP contribution in [-0.4, -0.2) is 81.5 Å². The highest BCUT2D eigenvalue weighted by atomic mass is 19.3. The van der Waals surface area contributed by atoms with E-state index in [1.807, 2.05) is 30.9 Å². The Morgan fingerprint density at radius 2 is 1.80 bits per heavy atom. The van der Waals surface area contributed by atoms with E-state index in [4.69, 9.17) is 0 Å². The molecule has 5 rings (SSSR count). The van der Waals surface area contributed by atoms with Gasteiger partial charge in [-0.15, -0.1) is 0 Å². The minimum absolute atomic E-state index is 0.142. The van der Waals surface area contributed by atoms with Crippen LogP contribution in [0, 0.1) is 13.8 Å². The average Bonchev–Trinajstić information content (AvgIpc) is 3.38. The fraction of sp³-hybridized carbons (Fsp3) is 0.375. The quantitative estimate of drug-likeness (QED) is 0.196. The van der Waals surface area contributed by atoms with Gasteiger partial charge >= 0.3 is 0 Å². The van der Waals surface area contributed by atoms with Crippen molar-refractivity contribution in [2.75, 3.05) is 60.6 Å². The number of halogens is 2. The fourth-order valence-electron chi connectivity index (χ4n) is 5.28. The molecule has 4 N–H and O–H groups in total. The molecule has 2 aromatic carbocycles. The molecular formula is C32H39F2N9O2. The van der Waals surface area contributed by atoms with Gasteiger partial charge in [-0.05, 0) is 56.7 Å². The van der Waals surface area contributed by atoms with E-state index in [2.05, 4.69) is 35.9 Å². The molecule has 1 aliphatic rings. The van der Waals surface area contributed by atoms with Crippen molar-refractivity contribution in [2.24, 2.45) is 0 Å². The number of hydrogen-bond donors (Lipinski definition) is 4. The summed E-state index contributed by atoms with van der Waals surface area (Å²) in [6.45, 7) is 9.51. The van der Waals surface area contributed by atoms with Gasteiger partial charge in [0.25, 0.3) is 11.8 Å². The normalized spacial score (nSPS) is 14.7. The zero-order valence-electron chi connectivity index (χ0n) is 26.1. The molecule has 0 spiro atoms. The van der Waals surface area contributed by atoms with E-state index in [0.717, 1.165) is 23.9 Å². The van der Waals surface area contributed by atoms with Crippen LogP contribution in [0.2, 0.25) is 0 Å².